The number of sulfone groups is 1. The lowest BCUT2D eigenvalue weighted by Crippen LogP contribution is -2.12. The van der Waals surface area contributed by atoms with E-state index in [2.05, 4.69) is 9.97 Å². The molecule has 0 N–H and O–H groups in total. The topological polar surface area (TPSA) is 90.1 Å². The summed E-state index contributed by atoms with van der Waals surface area (Å²) in [6, 6.07) is 6.19. The molecule has 170 valence electrons. The summed E-state index contributed by atoms with van der Waals surface area (Å²) in [6.45, 7) is 1.41. The van der Waals surface area contributed by atoms with Crippen LogP contribution in [0.1, 0.15) is 12.5 Å². The van der Waals surface area contributed by atoms with E-state index in [0.717, 1.165) is 24.5 Å². The van der Waals surface area contributed by atoms with Gasteiger partial charge in [0, 0.05) is 23.5 Å². The molecule has 0 unspecified atom stereocenters. The molecule has 0 saturated heterocycles. The Morgan fingerprint density at radius 3 is 2.36 bits per heavy atom. The number of rotatable bonds is 4. The molecule has 0 fully saturated rings. The summed E-state index contributed by atoms with van der Waals surface area (Å²) in [6.07, 6.45) is -1.24. The minimum absolute atomic E-state index is 0.158. The second kappa shape index (κ2) is 8.07. The zero-order chi connectivity index (χ0) is 24.0. The summed E-state index contributed by atoms with van der Waals surface area (Å²) < 4.78 is 82.9. The lowest BCUT2D eigenvalue weighted by atomic mass is 10.1. The summed E-state index contributed by atoms with van der Waals surface area (Å²) >= 11 is 0. The van der Waals surface area contributed by atoms with Crippen molar-refractivity contribution in [1.82, 2.24) is 9.97 Å². The molecule has 0 saturated carbocycles. The van der Waals surface area contributed by atoms with Gasteiger partial charge in [-0.05, 0) is 36.4 Å². The molecule has 0 radical (unpaired) electrons. The van der Waals surface area contributed by atoms with Crippen LogP contribution >= 0.6 is 0 Å². The Balaban J connectivity index is 1.93. The number of aromatic nitrogens is 2. The first kappa shape index (κ1) is 22.6. The van der Waals surface area contributed by atoms with Gasteiger partial charge < -0.3 is 4.42 Å². The van der Waals surface area contributed by atoms with Gasteiger partial charge in [-0.3, -0.25) is 9.78 Å². The van der Waals surface area contributed by atoms with Crippen molar-refractivity contribution in [2.24, 2.45) is 0 Å². The number of hydrogen-bond donors (Lipinski definition) is 0. The lowest BCUT2D eigenvalue weighted by molar-refractivity contribution is -0.137. The molecule has 4 aromatic rings. The maximum absolute atomic E-state index is 13.1. The highest BCUT2D eigenvalue weighted by molar-refractivity contribution is 7.91. The third-order valence-electron chi connectivity index (χ3n) is 4.99. The Morgan fingerprint density at radius 2 is 1.73 bits per heavy atom. The summed E-state index contributed by atoms with van der Waals surface area (Å²) in [7, 11) is -3.90. The highest BCUT2D eigenvalue weighted by Gasteiger charge is 2.31. The van der Waals surface area contributed by atoms with Gasteiger partial charge in [-0.15, -0.1) is 0 Å². The second-order valence-electron chi connectivity index (χ2n) is 7.03. The number of pyridine rings is 2. The molecule has 33 heavy (non-hydrogen) atoms. The lowest BCUT2D eigenvalue weighted by Gasteiger charge is -2.12. The Morgan fingerprint density at radius 1 is 1.00 bits per heavy atom. The van der Waals surface area contributed by atoms with Crippen molar-refractivity contribution in [1.29, 1.82) is 0 Å². The van der Waals surface area contributed by atoms with Crippen LogP contribution in [0.25, 0.3) is 33.4 Å². The van der Waals surface area contributed by atoms with Crippen LogP contribution < -0.4 is 5.43 Å². The Kier molecular flexibility index (Phi) is 5.52. The van der Waals surface area contributed by atoms with Crippen LogP contribution in [0.2, 0.25) is 0 Å². The van der Waals surface area contributed by atoms with E-state index in [-0.39, 0.29) is 32.9 Å². The van der Waals surface area contributed by atoms with Crippen LogP contribution in [0.15, 0.2) is 69.2 Å². The number of benzene rings is 1. The van der Waals surface area contributed by atoms with E-state index in [9.17, 15) is 30.8 Å². The molecule has 4 rings (SSSR count). The van der Waals surface area contributed by atoms with Gasteiger partial charge in [-0.25, -0.2) is 13.4 Å². The van der Waals surface area contributed by atoms with Crippen LogP contribution in [0, 0.1) is 5.95 Å². The minimum atomic E-state index is -4.62. The molecule has 0 atom stereocenters. The van der Waals surface area contributed by atoms with E-state index in [4.69, 9.17) is 4.42 Å². The zero-order valence-electron chi connectivity index (χ0n) is 16.9. The fourth-order valence-corrected chi connectivity index (χ4v) is 4.29. The second-order valence-corrected chi connectivity index (χ2v) is 9.28. The van der Waals surface area contributed by atoms with Crippen molar-refractivity contribution in [3.8, 4) is 22.4 Å². The first-order valence-electron chi connectivity index (χ1n) is 9.49. The van der Waals surface area contributed by atoms with Crippen LogP contribution in [0.5, 0.6) is 0 Å². The molecule has 0 spiro atoms. The Bertz CT molecular complexity index is 1530. The Labute approximate surface area is 184 Å². The van der Waals surface area contributed by atoms with Crippen LogP contribution in [-0.4, -0.2) is 24.1 Å². The molecular weight excluding hydrogens is 464 g/mol. The van der Waals surface area contributed by atoms with Crippen molar-refractivity contribution in [3.63, 3.8) is 0 Å². The van der Waals surface area contributed by atoms with E-state index in [0.29, 0.717) is 17.2 Å². The first-order chi connectivity index (χ1) is 15.5. The van der Waals surface area contributed by atoms with Gasteiger partial charge in [-0.2, -0.15) is 17.6 Å². The molecule has 3 heterocycles. The zero-order valence-corrected chi connectivity index (χ0v) is 17.7. The molecule has 11 heteroatoms. The van der Waals surface area contributed by atoms with Crippen molar-refractivity contribution in [2.45, 2.75) is 18.0 Å². The van der Waals surface area contributed by atoms with Gasteiger partial charge in [0.25, 0.3) is 0 Å². The number of halogens is 4. The third kappa shape index (κ3) is 4.23. The molecular formula is C22H14F4N2O4S. The standard InChI is InChI=1S/C22H14F4N2O4S/c1-2-33(30,31)18-7-13(12-3-6-19(23)27-9-12)10-28-20(18)16-11-32-17-8-14(22(24,25)26)4-5-15(17)21(16)29/h3-11H,2H2,1H3. The fraction of sp³-hybridized carbons (Fsp3) is 0.136. The number of alkyl halides is 3. The van der Waals surface area contributed by atoms with Gasteiger partial charge in [0.1, 0.15) is 11.8 Å². The van der Waals surface area contributed by atoms with Crippen LogP contribution in [0.4, 0.5) is 17.6 Å². The predicted molar refractivity (Wildman–Crippen MR) is 112 cm³/mol. The van der Waals surface area contributed by atoms with Gasteiger partial charge in [0.2, 0.25) is 11.4 Å². The van der Waals surface area contributed by atoms with Crippen molar-refractivity contribution in [2.75, 3.05) is 5.75 Å². The van der Waals surface area contributed by atoms with Crippen LogP contribution in [-0.2, 0) is 16.0 Å². The van der Waals surface area contributed by atoms with Crippen molar-refractivity contribution in [3.05, 3.63) is 76.8 Å². The third-order valence-corrected chi connectivity index (χ3v) is 6.73. The average Bonchev–Trinajstić information content (AvgIpc) is 2.79. The molecule has 0 aliphatic heterocycles. The summed E-state index contributed by atoms with van der Waals surface area (Å²) in [5, 5.41) is -0.158. The molecule has 0 aliphatic carbocycles. The van der Waals surface area contributed by atoms with E-state index < -0.39 is 33.0 Å². The first-order valence-corrected chi connectivity index (χ1v) is 11.1. The molecule has 0 bridgehead atoms. The number of hydrogen-bond acceptors (Lipinski definition) is 6. The molecule has 0 aliphatic rings. The van der Waals surface area contributed by atoms with Gasteiger partial charge in [-0.1, -0.05) is 6.92 Å². The van der Waals surface area contributed by atoms with Gasteiger partial charge in [0.05, 0.1) is 32.9 Å². The van der Waals surface area contributed by atoms with E-state index >= 15 is 0 Å². The van der Waals surface area contributed by atoms with E-state index in [1.165, 1.54) is 31.5 Å². The monoisotopic (exact) mass is 478 g/mol. The fourth-order valence-electron chi connectivity index (χ4n) is 3.21. The van der Waals surface area contributed by atoms with Crippen molar-refractivity contribution < 1.29 is 30.4 Å². The van der Waals surface area contributed by atoms with Gasteiger partial charge >= 0.3 is 6.18 Å². The number of fused-ring (bicyclic) bond motifs is 1. The summed E-state index contributed by atoms with van der Waals surface area (Å²) in [5.74, 6) is -1.02. The summed E-state index contributed by atoms with van der Waals surface area (Å²) in [5.41, 5.74) is -1.74. The van der Waals surface area contributed by atoms with Crippen molar-refractivity contribution >= 4 is 20.8 Å². The highest BCUT2D eigenvalue weighted by atomic mass is 32.2. The van der Waals surface area contributed by atoms with E-state index in [1.807, 2.05) is 0 Å². The van der Waals surface area contributed by atoms with Crippen LogP contribution in [0.3, 0.4) is 0 Å². The molecule has 0 amide bonds. The van der Waals surface area contributed by atoms with E-state index in [1.54, 1.807) is 0 Å². The molecule has 6 nitrogen and oxygen atoms in total. The SMILES string of the molecule is CCS(=O)(=O)c1cc(-c2ccc(F)nc2)cnc1-c1coc2cc(C(F)(F)F)ccc2c1=O. The highest BCUT2D eigenvalue weighted by Crippen LogP contribution is 2.33. The van der Waals surface area contributed by atoms with Gasteiger partial charge in [0.15, 0.2) is 9.84 Å². The smallest absolute Gasteiger partial charge is 0.416 e. The maximum atomic E-state index is 13.1. The largest absolute Gasteiger partial charge is 0.463 e. The quantitative estimate of drug-likeness (QED) is 0.307. The number of nitrogens with zero attached hydrogens (tertiary/aromatic N) is 2. The minimum Gasteiger partial charge on any atom is -0.463 e. The summed E-state index contributed by atoms with van der Waals surface area (Å²) in [4.78, 5) is 20.4. The molecule has 1 aromatic carbocycles. The maximum Gasteiger partial charge on any atom is 0.416 e. The Hall–Kier alpha value is -3.60. The average molecular weight is 478 g/mol. The predicted octanol–water partition coefficient (Wildman–Crippen LogP) is 4.87. The molecule has 3 aromatic heterocycles. The normalized spacial score (nSPS) is 12.3.